The highest BCUT2D eigenvalue weighted by Gasteiger charge is 2.21. The van der Waals surface area contributed by atoms with E-state index in [1.54, 1.807) is 0 Å². The van der Waals surface area contributed by atoms with Gasteiger partial charge in [-0.15, -0.1) is 0 Å². The molecule has 19 heavy (non-hydrogen) atoms. The molecule has 112 valence electrons. The zero-order valence-corrected chi connectivity index (χ0v) is 12.8. The van der Waals surface area contributed by atoms with Gasteiger partial charge in [0, 0.05) is 18.5 Å². The van der Waals surface area contributed by atoms with Crippen molar-refractivity contribution in [3.8, 4) is 0 Å². The summed E-state index contributed by atoms with van der Waals surface area (Å²) in [6.07, 6.45) is 11.5. The van der Waals surface area contributed by atoms with Gasteiger partial charge in [-0.1, -0.05) is 39.5 Å². The van der Waals surface area contributed by atoms with Crippen LogP contribution >= 0.6 is 0 Å². The molecular weight excluding hydrogens is 236 g/mol. The summed E-state index contributed by atoms with van der Waals surface area (Å²) in [6.45, 7) is 5.43. The molecule has 0 aliphatic heterocycles. The Bertz CT molecular complexity index is 235. The van der Waals surface area contributed by atoms with Crippen LogP contribution in [0.2, 0.25) is 0 Å². The molecule has 0 bridgehead atoms. The molecule has 0 saturated heterocycles. The zero-order valence-electron chi connectivity index (χ0n) is 12.8. The van der Waals surface area contributed by atoms with Crippen molar-refractivity contribution in [3.63, 3.8) is 0 Å². The van der Waals surface area contributed by atoms with E-state index in [1.807, 2.05) is 0 Å². The highest BCUT2D eigenvalue weighted by molar-refractivity contribution is 5.76. The van der Waals surface area contributed by atoms with Gasteiger partial charge in [0.05, 0.1) is 0 Å². The largest absolute Gasteiger partial charge is 0.353 e. The van der Waals surface area contributed by atoms with Crippen LogP contribution in [0.15, 0.2) is 0 Å². The van der Waals surface area contributed by atoms with Crippen molar-refractivity contribution in [2.24, 2.45) is 0 Å². The second kappa shape index (κ2) is 10.2. The normalized spacial score (nSPS) is 23.3. The van der Waals surface area contributed by atoms with Gasteiger partial charge in [-0.25, -0.2) is 0 Å². The summed E-state index contributed by atoms with van der Waals surface area (Å²) in [5.74, 6) is 0.267. The number of hydrogen-bond acceptors (Lipinski definition) is 2. The average molecular weight is 268 g/mol. The maximum Gasteiger partial charge on any atom is 0.220 e. The SMILES string of the molecule is CCCCCCCC(=O)NC1CCC(NCC)CC1. The molecule has 1 saturated carbocycles. The van der Waals surface area contributed by atoms with E-state index in [-0.39, 0.29) is 5.91 Å². The van der Waals surface area contributed by atoms with Gasteiger partial charge in [-0.2, -0.15) is 0 Å². The standard InChI is InChI=1S/C16H32N2O/c1-3-5-6-7-8-9-16(19)18-15-12-10-14(11-13-15)17-4-2/h14-15,17H,3-13H2,1-2H3,(H,18,19). The predicted molar refractivity (Wildman–Crippen MR) is 81.2 cm³/mol. The fraction of sp³-hybridized carbons (Fsp3) is 0.938. The van der Waals surface area contributed by atoms with Crippen LogP contribution < -0.4 is 10.6 Å². The Morgan fingerprint density at radius 3 is 2.21 bits per heavy atom. The van der Waals surface area contributed by atoms with E-state index in [0.29, 0.717) is 12.1 Å². The number of nitrogens with one attached hydrogen (secondary N) is 2. The Morgan fingerprint density at radius 2 is 1.58 bits per heavy atom. The first-order chi connectivity index (χ1) is 9.26. The fourth-order valence-electron chi connectivity index (χ4n) is 2.92. The molecule has 1 aliphatic carbocycles. The molecule has 3 heteroatoms. The molecule has 3 nitrogen and oxygen atoms in total. The van der Waals surface area contributed by atoms with E-state index in [0.717, 1.165) is 32.2 Å². The smallest absolute Gasteiger partial charge is 0.220 e. The number of amides is 1. The minimum atomic E-state index is 0.267. The van der Waals surface area contributed by atoms with Crippen molar-refractivity contribution in [2.45, 2.75) is 90.1 Å². The van der Waals surface area contributed by atoms with Crippen LogP contribution in [0.3, 0.4) is 0 Å². The number of unbranched alkanes of at least 4 members (excludes halogenated alkanes) is 4. The van der Waals surface area contributed by atoms with Crippen LogP contribution in [0.5, 0.6) is 0 Å². The molecule has 1 rings (SSSR count). The molecule has 0 radical (unpaired) electrons. The van der Waals surface area contributed by atoms with Crippen molar-refractivity contribution in [2.75, 3.05) is 6.54 Å². The van der Waals surface area contributed by atoms with E-state index in [2.05, 4.69) is 24.5 Å². The van der Waals surface area contributed by atoms with Crippen molar-refractivity contribution in [3.05, 3.63) is 0 Å². The molecule has 0 aromatic carbocycles. The first kappa shape index (κ1) is 16.5. The second-order valence-corrected chi connectivity index (χ2v) is 5.84. The third-order valence-corrected chi connectivity index (χ3v) is 4.09. The lowest BCUT2D eigenvalue weighted by Gasteiger charge is -2.29. The quantitative estimate of drug-likeness (QED) is 0.629. The third kappa shape index (κ3) is 7.56. The van der Waals surface area contributed by atoms with Gasteiger partial charge in [-0.05, 0) is 38.6 Å². The van der Waals surface area contributed by atoms with Gasteiger partial charge in [0.2, 0.25) is 5.91 Å². The van der Waals surface area contributed by atoms with Crippen LogP contribution in [0, 0.1) is 0 Å². The Hall–Kier alpha value is -0.570. The van der Waals surface area contributed by atoms with Crippen LogP contribution in [0.25, 0.3) is 0 Å². The van der Waals surface area contributed by atoms with Crippen molar-refractivity contribution in [1.29, 1.82) is 0 Å². The first-order valence-electron chi connectivity index (χ1n) is 8.29. The molecule has 0 spiro atoms. The summed E-state index contributed by atoms with van der Waals surface area (Å²) in [6, 6.07) is 1.10. The average Bonchev–Trinajstić information content (AvgIpc) is 2.41. The van der Waals surface area contributed by atoms with Gasteiger partial charge < -0.3 is 10.6 Å². The minimum absolute atomic E-state index is 0.267. The van der Waals surface area contributed by atoms with Crippen molar-refractivity contribution < 1.29 is 4.79 Å². The van der Waals surface area contributed by atoms with Crippen LogP contribution in [-0.2, 0) is 4.79 Å². The number of carbonyl (C=O) groups is 1. The van der Waals surface area contributed by atoms with E-state index in [1.165, 1.54) is 38.5 Å². The Labute approximate surface area is 118 Å². The molecule has 0 aromatic rings. The summed E-state index contributed by atoms with van der Waals surface area (Å²) < 4.78 is 0. The van der Waals surface area contributed by atoms with Crippen molar-refractivity contribution >= 4 is 5.91 Å². The molecular formula is C16H32N2O. The molecule has 0 unspecified atom stereocenters. The molecule has 1 amide bonds. The second-order valence-electron chi connectivity index (χ2n) is 5.84. The molecule has 2 N–H and O–H groups in total. The maximum atomic E-state index is 11.8. The van der Waals surface area contributed by atoms with Gasteiger partial charge in [0.15, 0.2) is 0 Å². The highest BCUT2D eigenvalue weighted by Crippen LogP contribution is 2.18. The fourth-order valence-corrected chi connectivity index (χ4v) is 2.92. The monoisotopic (exact) mass is 268 g/mol. The summed E-state index contributed by atoms with van der Waals surface area (Å²) in [5, 5.41) is 6.71. The van der Waals surface area contributed by atoms with E-state index in [4.69, 9.17) is 0 Å². The minimum Gasteiger partial charge on any atom is -0.353 e. The van der Waals surface area contributed by atoms with Gasteiger partial charge >= 0.3 is 0 Å². The Morgan fingerprint density at radius 1 is 0.947 bits per heavy atom. The van der Waals surface area contributed by atoms with Crippen LogP contribution in [-0.4, -0.2) is 24.5 Å². The lowest BCUT2D eigenvalue weighted by molar-refractivity contribution is -0.122. The van der Waals surface area contributed by atoms with Gasteiger partial charge in [0.1, 0.15) is 0 Å². The highest BCUT2D eigenvalue weighted by atomic mass is 16.1. The molecule has 0 heterocycles. The van der Waals surface area contributed by atoms with Gasteiger partial charge in [-0.3, -0.25) is 4.79 Å². The summed E-state index contributed by atoms with van der Waals surface area (Å²) in [4.78, 5) is 11.8. The Balaban J connectivity index is 2.03. The molecule has 0 aromatic heterocycles. The summed E-state index contributed by atoms with van der Waals surface area (Å²) in [7, 11) is 0. The third-order valence-electron chi connectivity index (χ3n) is 4.09. The van der Waals surface area contributed by atoms with E-state index >= 15 is 0 Å². The lowest BCUT2D eigenvalue weighted by Crippen LogP contribution is -2.42. The zero-order chi connectivity index (χ0) is 13.9. The summed E-state index contributed by atoms with van der Waals surface area (Å²) in [5.41, 5.74) is 0. The molecule has 1 aliphatic rings. The summed E-state index contributed by atoms with van der Waals surface area (Å²) >= 11 is 0. The molecule has 1 fully saturated rings. The number of carbonyl (C=O) groups excluding carboxylic acids is 1. The van der Waals surface area contributed by atoms with Crippen molar-refractivity contribution in [1.82, 2.24) is 10.6 Å². The number of rotatable bonds is 9. The van der Waals surface area contributed by atoms with Crippen LogP contribution in [0.4, 0.5) is 0 Å². The van der Waals surface area contributed by atoms with E-state index in [9.17, 15) is 4.79 Å². The van der Waals surface area contributed by atoms with E-state index < -0.39 is 0 Å². The maximum absolute atomic E-state index is 11.8. The number of hydrogen-bond donors (Lipinski definition) is 2. The predicted octanol–water partition coefficient (Wildman–Crippen LogP) is 3.38. The Kier molecular flexibility index (Phi) is 8.89. The van der Waals surface area contributed by atoms with Crippen LogP contribution in [0.1, 0.15) is 78.1 Å². The van der Waals surface area contributed by atoms with Gasteiger partial charge in [0.25, 0.3) is 0 Å². The molecule has 0 atom stereocenters. The topological polar surface area (TPSA) is 41.1 Å². The first-order valence-corrected chi connectivity index (χ1v) is 8.29. The lowest BCUT2D eigenvalue weighted by atomic mass is 9.91.